The van der Waals surface area contributed by atoms with Crippen molar-refractivity contribution in [2.45, 2.75) is 6.92 Å². The van der Waals surface area contributed by atoms with Gasteiger partial charge in [0.2, 0.25) is 0 Å². The normalized spacial score (nSPS) is 10.4. The maximum absolute atomic E-state index is 12.1. The van der Waals surface area contributed by atoms with Gasteiger partial charge in [-0.15, -0.1) is 0 Å². The third kappa shape index (κ3) is 6.90. The van der Waals surface area contributed by atoms with Gasteiger partial charge in [0.25, 0.3) is 0 Å². The number of benzene rings is 3. The Balaban J connectivity index is 1.56. The van der Waals surface area contributed by atoms with Gasteiger partial charge in [-0.2, -0.15) is 0 Å². The Morgan fingerprint density at radius 2 is 1.12 bits per heavy atom. The first-order valence-electron chi connectivity index (χ1n) is 10.3. The maximum Gasteiger partial charge on any atom is 0.338 e. The first-order chi connectivity index (χ1) is 16.3. The summed E-state index contributed by atoms with van der Waals surface area (Å²) in [4.78, 5) is 34.9. The lowest BCUT2D eigenvalue weighted by Gasteiger charge is -2.06. The van der Waals surface area contributed by atoms with Crippen molar-refractivity contribution < 1.29 is 28.6 Å². The van der Waals surface area contributed by atoms with Crippen LogP contribution in [0.1, 0.15) is 12.5 Å². The largest absolute Gasteiger partial charge is 0.423 e. The van der Waals surface area contributed by atoms with Crippen molar-refractivity contribution in [2.75, 3.05) is 0 Å². The zero-order valence-corrected chi connectivity index (χ0v) is 18.5. The molecule has 0 aliphatic rings. The summed E-state index contributed by atoms with van der Waals surface area (Å²) in [7, 11) is 0. The Bertz CT molecular complexity index is 1230. The van der Waals surface area contributed by atoms with Crippen molar-refractivity contribution >= 4 is 24.0 Å². The molecule has 0 bridgehead atoms. The van der Waals surface area contributed by atoms with Crippen molar-refractivity contribution in [2.24, 2.45) is 0 Å². The van der Waals surface area contributed by atoms with Crippen LogP contribution in [0.2, 0.25) is 0 Å². The minimum absolute atomic E-state index is 0.320. The van der Waals surface area contributed by atoms with Gasteiger partial charge in [-0.05, 0) is 66.1 Å². The highest BCUT2D eigenvalue weighted by Crippen LogP contribution is 2.24. The molecule has 3 aromatic carbocycles. The second kappa shape index (κ2) is 11.2. The fourth-order valence-electron chi connectivity index (χ4n) is 2.74. The van der Waals surface area contributed by atoms with Crippen LogP contribution >= 0.6 is 0 Å². The van der Waals surface area contributed by atoms with Gasteiger partial charge in [0.1, 0.15) is 17.2 Å². The average Bonchev–Trinajstić information content (AvgIpc) is 2.84. The second-order valence-corrected chi connectivity index (χ2v) is 7.17. The Hall–Kier alpha value is -4.71. The summed E-state index contributed by atoms with van der Waals surface area (Å²) in [6, 6.07) is 20.8. The molecule has 0 saturated carbocycles. The van der Waals surface area contributed by atoms with E-state index in [1.165, 1.54) is 30.3 Å². The smallest absolute Gasteiger partial charge is 0.338 e. The van der Waals surface area contributed by atoms with Crippen LogP contribution in [0.3, 0.4) is 0 Å². The predicted octanol–water partition coefficient (Wildman–Crippen LogP) is 5.55. The van der Waals surface area contributed by atoms with E-state index < -0.39 is 17.9 Å². The summed E-state index contributed by atoms with van der Waals surface area (Å²) < 4.78 is 15.4. The van der Waals surface area contributed by atoms with Gasteiger partial charge in [0.15, 0.2) is 0 Å². The topological polar surface area (TPSA) is 78.9 Å². The first-order valence-corrected chi connectivity index (χ1v) is 10.3. The highest BCUT2D eigenvalue weighted by atomic mass is 16.5. The van der Waals surface area contributed by atoms with Gasteiger partial charge < -0.3 is 14.2 Å². The summed E-state index contributed by atoms with van der Waals surface area (Å²) in [5.74, 6) is -0.487. The molecule has 6 heteroatoms. The molecule has 0 aromatic heterocycles. The van der Waals surface area contributed by atoms with Gasteiger partial charge in [-0.1, -0.05) is 49.6 Å². The highest BCUT2D eigenvalue weighted by Gasteiger charge is 2.06. The Labute approximate surface area is 197 Å². The van der Waals surface area contributed by atoms with E-state index in [0.717, 1.165) is 22.8 Å². The summed E-state index contributed by atoms with van der Waals surface area (Å²) in [6.45, 7) is 8.48. The average molecular weight is 454 g/mol. The molecule has 0 amide bonds. The molecule has 0 spiro atoms. The van der Waals surface area contributed by atoms with Crippen LogP contribution in [-0.4, -0.2) is 17.9 Å². The van der Waals surface area contributed by atoms with Crippen LogP contribution in [0.15, 0.2) is 104 Å². The van der Waals surface area contributed by atoms with E-state index in [4.69, 9.17) is 14.2 Å². The molecule has 6 nitrogen and oxygen atoms in total. The molecule has 0 radical (unpaired) electrons. The Morgan fingerprint density at radius 1 is 0.676 bits per heavy atom. The van der Waals surface area contributed by atoms with Crippen LogP contribution in [0.5, 0.6) is 17.2 Å². The van der Waals surface area contributed by atoms with Gasteiger partial charge >= 0.3 is 17.9 Å². The molecule has 0 N–H and O–H groups in total. The highest BCUT2D eigenvalue weighted by molar-refractivity contribution is 5.89. The Morgan fingerprint density at radius 3 is 1.62 bits per heavy atom. The maximum atomic E-state index is 12.1. The zero-order valence-electron chi connectivity index (χ0n) is 18.5. The number of hydrogen-bond donors (Lipinski definition) is 0. The standard InChI is InChI=1S/C28H22O6/c1-4-26(29)32-23-14-16-24(17-15-23)33-27(30)18-7-20-5-8-21(9-6-20)22-10-12-25(13-11-22)34-28(31)19(2)3/h4-18H,1-2H2,3H3. The minimum Gasteiger partial charge on any atom is -0.423 e. The molecular weight excluding hydrogens is 432 g/mol. The second-order valence-electron chi connectivity index (χ2n) is 7.17. The van der Waals surface area contributed by atoms with Gasteiger partial charge in [0.05, 0.1) is 0 Å². The van der Waals surface area contributed by atoms with Crippen LogP contribution < -0.4 is 14.2 Å². The number of hydrogen-bond acceptors (Lipinski definition) is 6. The SMILES string of the molecule is C=CC(=O)Oc1ccc(OC(=O)C=Cc2ccc(-c3ccc(OC(=O)C(=C)C)cc3)cc2)cc1. The van der Waals surface area contributed by atoms with Crippen molar-refractivity contribution in [1.29, 1.82) is 0 Å². The quantitative estimate of drug-likeness (QED) is 0.252. The third-order valence-electron chi connectivity index (χ3n) is 4.50. The van der Waals surface area contributed by atoms with Gasteiger partial charge in [-0.25, -0.2) is 14.4 Å². The molecule has 0 aliphatic heterocycles. The number of ether oxygens (including phenoxy) is 3. The van der Waals surface area contributed by atoms with Crippen LogP contribution in [0.4, 0.5) is 0 Å². The van der Waals surface area contributed by atoms with E-state index in [2.05, 4.69) is 13.2 Å². The molecule has 0 aliphatic carbocycles. The van der Waals surface area contributed by atoms with E-state index in [9.17, 15) is 14.4 Å². The van der Waals surface area contributed by atoms with Gasteiger partial charge in [-0.3, -0.25) is 0 Å². The van der Waals surface area contributed by atoms with E-state index in [1.807, 2.05) is 36.4 Å². The third-order valence-corrected chi connectivity index (χ3v) is 4.50. The fraction of sp³-hybridized carbons (Fsp3) is 0.0357. The summed E-state index contributed by atoms with van der Waals surface area (Å²) in [6.07, 6.45) is 4.03. The van der Waals surface area contributed by atoms with E-state index in [1.54, 1.807) is 25.1 Å². The van der Waals surface area contributed by atoms with Crippen LogP contribution in [0, 0.1) is 0 Å². The lowest BCUT2D eigenvalue weighted by molar-refractivity contribution is -0.130. The fourth-order valence-corrected chi connectivity index (χ4v) is 2.74. The van der Waals surface area contributed by atoms with Crippen molar-refractivity contribution in [3.8, 4) is 28.4 Å². The van der Waals surface area contributed by atoms with Crippen LogP contribution in [0.25, 0.3) is 17.2 Å². The molecule has 0 fully saturated rings. The van der Waals surface area contributed by atoms with E-state index in [0.29, 0.717) is 22.8 Å². The van der Waals surface area contributed by atoms with Crippen molar-refractivity contribution in [3.63, 3.8) is 0 Å². The molecule has 3 rings (SSSR count). The molecule has 3 aromatic rings. The zero-order chi connectivity index (χ0) is 24.5. The number of rotatable bonds is 8. The molecule has 170 valence electrons. The van der Waals surface area contributed by atoms with Crippen molar-refractivity contribution in [3.05, 3.63) is 109 Å². The van der Waals surface area contributed by atoms with Crippen LogP contribution in [-0.2, 0) is 14.4 Å². The van der Waals surface area contributed by atoms with Gasteiger partial charge in [0, 0.05) is 17.7 Å². The lowest BCUT2D eigenvalue weighted by atomic mass is 10.0. The molecular formula is C28H22O6. The monoisotopic (exact) mass is 454 g/mol. The molecule has 0 atom stereocenters. The van der Waals surface area contributed by atoms with Crippen molar-refractivity contribution in [1.82, 2.24) is 0 Å². The summed E-state index contributed by atoms with van der Waals surface area (Å²) in [5, 5.41) is 0. The first kappa shape index (κ1) is 23.9. The molecule has 0 saturated heterocycles. The number of carbonyl (C=O) groups is 3. The Kier molecular flexibility index (Phi) is 7.92. The van der Waals surface area contributed by atoms with E-state index >= 15 is 0 Å². The molecule has 34 heavy (non-hydrogen) atoms. The molecule has 0 unspecified atom stereocenters. The summed E-state index contributed by atoms with van der Waals surface area (Å²) >= 11 is 0. The lowest BCUT2D eigenvalue weighted by Crippen LogP contribution is -2.07. The predicted molar refractivity (Wildman–Crippen MR) is 129 cm³/mol. The minimum atomic E-state index is -0.570. The summed E-state index contributed by atoms with van der Waals surface area (Å²) in [5.41, 5.74) is 3.07. The number of carbonyl (C=O) groups excluding carboxylic acids is 3. The number of esters is 3. The van der Waals surface area contributed by atoms with E-state index in [-0.39, 0.29) is 0 Å². The molecule has 0 heterocycles.